The number of carbonyl (C=O) groups is 1. The van der Waals surface area contributed by atoms with Crippen LogP contribution in [0.3, 0.4) is 0 Å². The second kappa shape index (κ2) is 55.2. The van der Waals surface area contributed by atoms with Gasteiger partial charge in [-0.2, -0.15) is 0 Å². The summed E-state index contributed by atoms with van der Waals surface area (Å²) in [6.45, 7) is 4.10. The standard InChI is InChI=1S/C60H121NO5/c1-3-5-7-9-11-13-15-17-19-21-23-24-25-26-27-28-29-30-31-32-33-34-36-37-39-41-43-45-47-49-51-53-57(63)59(65)56(55-62)61-60(66)58(64)54-52-50-48-46-44-42-40-38-35-22-20-18-16-14-12-10-8-6-4-2/h56-59,62-65H,3-55H2,1-2H3,(H,61,66). The normalized spacial score (nSPS) is 13.6. The second-order valence-electron chi connectivity index (χ2n) is 21.4. The van der Waals surface area contributed by atoms with Crippen LogP contribution in [-0.2, 0) is 4.79 Å². The number of unbranched alkanes of at least 4 members (excludes halogenated alkanes) is 48. The first-order chi connectivity index (χ1) is 32.5. The molecule has 0 heterocycles. The predicted molar refractivity (Wildman–Crippen MR) is 288 cm³/mol. The number of carbonyl (C=O) groups excluding carboxylic acids is 1. The van der Waals surface area contributed by atoms with E-state index in [1.807, 2.05) is 0 Å². The molecular weight excluding hydrogens is 815 g/mol. The van der Waals surface area contributed by atoms with Crippen LogP contribution in [0.5, 0.6) is 0 Å². The van der Waals surface area contributed by atoms with Crippen LogP contribution >= 0.6 is 0 Å². The molecule has 4 atom stereocenters. The van der Waals surface area contributed by atoms with Crippen LogP contribution in [0.1, 0.15) is 348 Å². The van der Waals surface area contributed by atoms with Crippen LogP contribution < -0.4 is 5.32 Å². The topological polar surface area (TPSA) is 110 Å². The van der Waals surface area contributed by atoms with Crippen LogP contribution in [0.15, 0.2) is 0 Å². The number of nitrogens with one attached hydrogen (secondary N) is 1. The summed E-state index contributed by atoms with van der Waals surface area (Å²) in [5.74, 6) is -0.575. The van der Waals surface area contributed by atoms with Crippen LogP contribution in [0.4, 0.5) is 0 Å². The number of rotatable bonds is 57. The molecule has 0 aliphatic carbocycles. The van der Waals surface area contributed by atoms with Crippen molar-refractivity contribution in [1.29, 1.82) is 0 Å². The number of aliphatic hydroxyl groups excluding tert-OH is 4. The minimum atomic E-state index is -1.26. The van der Waals surface area contributed by atoms with Gasteiger partial charge in [-0.05, 0) is 12.8 Å². The van der Waals surface area contributed by atoms with Crippen molar-refractivity contribution in [3.05, 3.63) is 0 Å². The molecule has 0 aromatic rings. The molecule has 0 aliphatic heterocycles. The molecule has 0 saturated heterocycles. The molecule has 0 fully saturated rings. The molecule has 4 unspecified atom stereocenters. The lowest BCUT2D eigenvalue weighted by molar-refractivity contribution is -0.132. The van der Waals surface area contributed by atoms with Crippen molar-refractivity contribution in [3.63, 3.8) is 0 Å². The number of hydrogen-bond acceptors (Lipinski definition) is 5. The van der Waals surface area contributed by atoms with Crippen LogP contribution in [-0.4, -0.2) is 57.3 Å². The van der Waals surface area contributed by atoms with E-state index >= 15 is 0 Å². The van der Waals surface area contributed by atoms with E-state index in [2.05, 4.69) is 19.2 Å². The minimum Gasteiger partial charge on any atom is -0.394 e. The SMILES string of the molecule is CCCCCCCCCCCCCCCCCCCCCCCCCCCCCCCCCC(O)C(O)C(CO)NC(=O)C(O)CCCCCCCCCCCCCCCCCCCCC. The Morgan fingerprint density at radius 3 is 0.727 bits per heavy atom. The van der Waals surface area contributed by atoms with Crippen molar-refractivity contribution in [2.75, 3.05) is 6.61 Å². The molecule has 0 aromatic carbocycles. The number of aliphatic hydroxyl groups is 4. The third-order valence-corrected chi connectivity index (χ3v) is 14.8. The van der Waals surface area contributed by atoms with Crippen LogP contribution in [0, 0.1) is 0 Å². The third kappa shape index (κ3) is 48.3. The first-order valence-corrected chi connectivity index (χ1v) is 30.4. The highest BCUT2D eigenvalue weighted by Crippen LogP contribution is 2.19. The molecule has 6 nitrogen and oxygen atoms in total. The number of hydrogen-bond donors (Lipinski definition) is 5. The predicted octanol–water partition coefficient (Wildman–Crippen LogP) is 17.9. The summed E-state index contributed by atoms with van der Waals surface area (Å²) in [5, 5.41) is 44.1. The largest absolute Gasteiger partial charge is 0.394 e. The fraction of sp³-hybridized carbons (Fsp3) is 0.983. The maximum Gasteiger partial charge on any atom is 0.249 e. The van der Waals surface area contributed by atoms with Gasteiger partial charge in [0.05, 0.1) is 18.8 Å². The lowest BCUT2D eigenvalue weighted by atomic mass is 9.99. The lowest BCUT2D eigenvalue weighted by Crippen LogP contribution is -2.53. The summed E-state index contributed by atoms with van der Waals surface area (Å²) in [7, 11) is 0. The van der Waals surface area contributed by atoms with E-state index < -0.39 is 36.9 Å². The average Bonchev–Trinajstić information content (AvgIpc) is 3.32. The number of amides is 1. The molecular formula is C60H121NO5. The quantitative estimate of drug-likeness (QED) is 0.0390. The zero-order valence-electron chi connectivity index (χ0n) is 45.0. The van der Waals surface area contributed by atoms with Gasteiger partial charge in [0.15, 0.2) is 0 Å². The molecule has 0 spiro atoms. The first kappa shape index (κ1) is 65.3. The highest BCUT2D eigenvalue weighted by molar-refractivity contribution is 5.80. The van der Waals surface area contributed by atoms with Crippen LogP contribution in [0.25, 0.3) is 0 Å². The van der Waals surface area contributed by atoms with Gasteiger partial charge in [0.2, 0.25) is 5.91 Å². The van der Waals surface area contributed by atoms with E-state index in [0.717, 1.165) is 38.5 Å². The van der Waals surface area contributed by atoms with E-state index in [-0.39, 0.29) is 0 Å². The molecule has 66 heavy (non-hydrogen) atoms. The van der Waals surface area contributed by atoms with Crippen molar-refractivity contribution in [2.24, 2.45) is 0 Å². The van der Waals surface area contributed by atoms with Gasteiger partial charge in [-0.15, -0.1) is 0 Å². The van der Waals surface area contributed by atoms with Crippen molar-refractivity contribution < 1.29 is 25.2 Å². The fourth-order valence-electron chi connectivity index (χ4n) is 10.1. The van der Waals surface area contributed by atoms with E-state index in [9.17, 15) is 25.2 Å². The second-order valence-corrected chi connectivity index (χ2v) is 21.4. The highest BCUT2D eigenvalue weighted by Gasteiger charge is 2.28. The minimum absolute atomic E-state index is 0.376. The third-order valence-electron chi connectivity index (χ3n) is 14.8. The fourth-order valence-corrected chi connectivity index (χ4v) is 10.1. The molecule has 1 amide bonds. The average molecular weight is 937 g/mol. The summed E-state index contributed by atoms with van der Waals surface area (Å²) in [5.41, 5.74) is 0. The Morgan fingerprint density at radius 1 is 0.318 bits per heavy atom. The Morgan fingerprint density at radius 2 is 0.515 bits per heavy atom. The summed E-state index contributed by atoms with van der Waals surface area (Å²) < 4.78 is 0. The molecule has 6 heteroatoms. The summed E-state index contributed by atoms with van der Waals surface area (Å²) in [6, 6.07) is -0.981. The van der Waals surface area contributed by atoms with Gasteiger partial charge in [0.25, 0.3) is 0 Å². The van der Waals surface area contributed by atoms with Crippen molar-refractivity contribution in [1.82, 2.24) is 5.32 Å². The summed E-state index contributed by atoms with van der Waals surface area (Å²) >= 11 is 0. The zero-order valence-corrected chi connectivity index (χ0v) is 45.0. The molecule has 0 rings (SSSR count). The van der Waals surface area contributed by atoms with Gasteiger partial charge in [0, 0.05) is 0 Å². The zero-order chi connectivity index (χ0) is 48.1. The van der Waals surface area contributed by atoms with E-state index in [0.29, 0.717) is 12.8 Å². The van der Waals surface area contributed by atoms with E-state index in [1.165, 1.54) is 283 Å². The summed E-state index contributed by atoms with van der Waals surface area (Å²) in [6.07, 6.45) is 64.8. The van der Waals surface area contributed by atoms with Crippen molar-refractivity contribution in [3.8, 4) is 0 Å². The van der Waals surface area contributed by atoms with E-state index in [4.69, 9.17) is 0 Å². The van der Waals surface area contributed by atoms with E-state index in [1.54, 1.807) is 0 Å². The first-order valence-electron chi connectivity index (χ1n) is 30.4. The van der Waals surface area contributed by atoms with Crippen molar-refractivity contribution in [2.45, 2.75) is 372 Å². The lowest BCUT2D eigenvalue weighted by Gasteiger charge is -2.27. The Hall–Kier alpha value is -0.690. The van der Waals surface area contributed by atoms with Gasteiger partial charge in [0.1, 0.15) is 12.2 Å². The molecule has 0 saturated carbocycles. The van der Waals surface area contributed by atoms with Gasteiger partial charge in [-0.1, -0.05) is 335 Å². The molecule has 0 bridgehead atoms. The van der Waals surface area contributed by atoms with Gasteiger partial charge in [-0.3, -0.25) is 4.79 Å². The maximum atomic E-state index is 12.6. The maximum absolute atomic E-state index is 12.6. The molecule has 0 aliphatic rings. The molecule has 0 radical (unpaired) electrons. The summed E-state index contributed by atoms with van der Waals surface area (Å²) in [4.78, 5) is 12.6. The monoisotopic (exact) mass is 936 g/mol. The van der Waals surface area contributed by atoms with Gasteiger partial charge >= 0.3 is 0 Å². The van der Waals surface area contributed by atoms with Crippen molar-refractivity contribution >= 4 is 5.91 Å². The van der Waals surface area contributed by atoms with Gasteiger partial charge in [-0.25, -0.2) is 0 Å². The Labute approximate surface area is 413 Å². The van der Waals surface area contributed by atoms with Crippen LogP contribution in [0.2, 0.25) is 0 Å². The highest BCUT2D eigenvalue weighted by atomic mass is 16.3. The molecule has 5 N–H and O–H groups in total. The molecule has 396 valence electrons. The Balaban J connectivity index is 3.53. The Kier molecular flexibility index (Phi) is 54.7. The Bertz CT molecular complexity index is 917. The smallest absolute Gasteiger partial charge is 0.249 e. The molecule has 0 aromatic heterocycles. The van der Waals surface area contributed by atoms with Gasteiger partial charge < -0.3 is 25.7 Å².